The lowest BCUT2D eigenvalue weighted by atomic mass is 9.80. The maximum Gasteiger partial charge on any atom is 0.407 e. The number of alkyl carbamates (subject to hydrolysis) is 1. The second-order valence-corrected chi connectivity index (χ2v) is 14.4. The number of amides is 2. The Labute approximate surface area is 356 Å². The lowest BCUT2D eigenvalue weighted by molar-refractivity contribution is -0.159. The molecule has 0 spiro atoms. The molecular formula is C48H51ClN2O9. The first kappa shape index (κ1) is 44.0. The molecule has 2 amide bonds. The molecule has 0 aliphatic heterocycles. The molecule has 0 atom stereocenters. The summed E-state index contributed by atoms with van der Waals surface area (Å²) in [7, 11) is 0. The van der Waals surface area contributed by atoms with Crippen LogP contribution in [0.25, 0.3) is 11.1 Å². The second-order valence-electron chi connectivity index (χ2n) is 14.0. The average Bonchev–Trinajstić information content (AvgIpc) is 3.60. The predicted octanol–water partition coefficient (Wildman–Crippen LogP) is 7.68. The Kier molecular flexibility index (Phi) is 17.1. The molecule has 6 rings (SSSR count). The first-order valence-electron chi connectivity index (χ1n) is 20.2. The Morgan fingerprint density at radius 2 is 1.05 bits per heavy atom. The van der Waals surface area contributed by atoms with Gasteiger partial charge < -0.3 is 39.1 Å². The highest BCUT2D eigenvalue weighted by molar-refractivity contribution is 6.31. The summed E-state index contributed by atoms with van der Waals surface area (Å²) in [5.41, 5.74) is 5.43. The van der Waals surface area contributed by atoms with Gasteiger partial charge in [0.2, 0.25) is 5.91 Å². The van der Waals surface area contributed by atoms with E-state index in [-0.39, 0.29) is 25.0 Å². The number of hydrogen-bond donors (Lipinski definition) is 2. The van der Waals surface area contributed by atoms with Crippen molar-refractivity contribution in [3.05, 3.63) is 166 Å². The van der Waals surface area contributed by atoms with Crippen LogP contribution in [0, 0.1) is 0 Å². The molecule has 60 heavy (non-hydrogen) atoms. The number of rotatable bonds is 24. The zero-order valence-corrected chi connectivity index (χ0v) is 34.3. The standard InChI is InChI=1S/C48H51ClN2O9/c49-44-24-12-11-23-43(44)48(36-15-3-1-4-16-36,37-17-5-2-6-18-37)60-46(53)35-58-34-45(52)50-25-13-27-55-29-31-57-32-30-56-28-14-26-51-47(54)59-33-42-40-21-9-7-19-38(40)39-20-8-10-22-41(39)42/h1-12,15-24,42H,13-14,25-35H2,(H,50,52)(H,51,54). The van der Waals surface area contributed by atoms with Crippen LogP contribution in [0.1, 0.15) is 46.6 Å². The van der Waals surface area contributed by atoms with Crippen LogP contribution in [0.5, 0.6) is 0 Å². The Bertz CT molecular complexity index is 2030. The number of carbonyl (C=O) groups excluding carboxylic acids is 3. The fourth-order valence-corrected chi connectivity index (χ4v) is 7.45. The first-order chi connectivity index (χ1) is 29.5. The Morgan fingerprint density at radius 3 is 1.63 bits per heavy atom. The molecule has 1 aliphatic rings. The molecule has 5 aromatic rings. The van der Waals surface area contributed by atoms with Gasteiger partial charge in [0.15, 0.2) is 5.60 Å². The minimum atomic E-state index is -1.35. The van der Waals surface area contributed by atoms with E-state index in [9.17, 15) is 14.4 Å². The summed E-state index contributed by atoms with van der Waals surface area (Å²) in [6, 6.07) is 42.5. The molecule has 12 heteroatoms. The van der Waals surface area contributed by atoms with E-state index in [4.69, 9.17) is 40.0 Å². The highest BCUT2D eigenvalue weighted by atomic mass is 35.5. The third kappa shape index (κ3) is 12.0. The van der Waals surface area contributed by atoms with Gasteiger partial charge in [0.05, 0.1) is 26.4 Å². The maximum atomic E-state index is 13.3. The Hall–Kier alpha value is -5.56. The second kappa shape index (κ2) is 23.3. The van der Waals surface area contributed by atoms with Crippen LogP contribution in [-0.4, -0.2) is 90.5 Å². The molecule has 11 nitrogen and oxygen atoms in total. The van der Waals surface area contributed by atoms with Crippen LogP contribution in [-0.2, 0) is 43.6 Å². The molecular weight excluding hydrogens is 784 g/mol. The van der Waals surface area contributed by atoms with E-state index in [2.05, 4.69) is 34.9 Å². The number of esters is 1. The van der Waals surface area contributed by atoms with Gasteiger partial charge in [0.25, 0.3) is 0 Å². The summed E-state index contributed by atoms with van der Waals surface area (Å²) in [6.45, 7) is 2.96. The minimum Gasteiger partial charge on any atom is -0.449 e. The highest BCUT2D eigenvalue weighted by Gasteiger charge is 2.42. The number of carbonyl (C=O) groups is 3. The fraction of sp³-hybridized carbons (Fsp3) is 0.312. The van der Waals surface area contributed by atoms with Crippen LogP contribution < -0.4 is 10.6 Å². The number of hydrogen-bond acceptors (Lipinski definition) is 9. The van der Waals surface area contributed by atoms with Crippen molar-refractivity contribution >= 4 is 29.6 Å². The molecule has 0 saturated heterocycles. The van der Waals surface area contributed by atoms with E-state index in [1.54, 1.807) is 6.07 Å². The van der Waals surface area contributed by atoms with E-state index in [0.717, 1.165) is 0 Å². The van der Waals surface area contributed by atoms with Gasteiger partial charge in [0, 0.05) is 53.9 Å². The van der Waals surface area contributed by atoms with Gasteiger partial charge in [0.1, 0.15) is 19.8 Å². The van der Waals surface area contributed by atoms with Gasteiger partial charge >= 0.3 is 12.1 Å². The quantitative estimate of drug-likeness (QED) is 0.0366. The van der Waals surface area contributed by atoms with Crippen molar-refractivity contribution in [1.82, 2.24) is 10.6 Å². The van der Waals surface area contributed by atoms with Crippen LogP contribution in [0.2, 0.25) is 5.02 Å². The summed E-state index contributed by atoms with van der Waals surface area (Å²) in [4.78, 5) is 38.1. The Morgan fingerprint density at radius 1 is 0.550 bits per heavy atom. The van der Waals surface area contributed by atoms with Crippen LogP contribution >= 0.6 is 11.6 Å². The van der Waals surface area contributed by atoms with Gasteiger partial charge in [-0.3, -0.25) is 4.79 Å². The lowest BCUT2D eigenvalue weighted by Gasteiger charge is -2.35. The van der Waals surface area contributed by atoms with Gasteiger partial charge in [-0.1, -0.05) is 139 Å². The lowest BCUT2D eigenvalue weighted by Crippen LogP contribution is -2.37. The predicted molar refractivity (Wildman–Crippen MR) is 229 cm³/mol. The smallest absolute Gasteiger partial charge is 0.407 e. The summed E-state index contributed by atoms with van der Waals surface area (Å²) >= 11 is 6.70. The van der Waals surface area contributed by atoms with Crippen molar-refractivity contribution in [2.45, 2.75) is 24.4 Å². The van der Waals surface area contributed by atoms with E-state index < -0.39 is 24.3 Å². The molecule has 2 N–H and O–H groups in total. The summed E-state index contributed by atoms with van der Waals surface area (Å²) in [5, 5.41) is 6.00. The van der Waals surface area contributed by atoms with Crippen molar-refractivity contribution in [3.8, 4) is 11.1 Å². The van der Waals surface area contributed by atoms with Crippen LogP contribution in [0.3, 0.4) is 0 Å². The van der Waals surface area contributed by atoms with Gasteiger partial charge in [-0.25, -0.2) is 9.59 Å². The van der Waals surface area contributed by atoms with E-state index in [1.165, 1.54) is 22.3 Å². The van der Waals surface area contributed by atoms with Gasteiger partial charge in [-0.05, 0) is 41.2 Å². The fourth-order valence-electron chi connectivity index (χ4n) is 7.18. The maximum absolute atomic E-state index is 13.3. The van der Waals surface area contributed by atoms with E-state index in [1.807, 2.05) is 103 Å². The number of fused-ring (bicyclic) bond motifs is 3. The largest absolute Gasteiger partial charge is 0.449 e. The molecule has 0 heterocycles. The van der Waals surface area contributed by atoms with Gasteiger partial charge in [-0.15, -0.1) is 0 Å². The van der Waals surface area contributed by atoms with E-state index in [0.29, 0.717) is 87.3 Å². The first-order valence-corrected chi connectivity index (χ1v) is 20.6. The zero-order chi connectivity index (χ0) is 41.8. The minimum absolute atomic E-state index is 0.0278. The topological polar surface area (TPSA) is 131 Å². The van der Waals surface area contributed by atoms with Crippen molar-refractivity contribution in [3.63, 3.8) is 0 Å². The summed E-state index contributed by atoms with van der Waals surface area (Å²) in [6.07, 6.45) is 0.805. The monoisotopic (exact) mass is 834 g/mol. The molecule has 0 bridgehead atoms. The summed E-state index contributed by atoms with van der Waals surface area (Å²) in [5.74, 6) is -0.985. The molecule has 5 aromatic carbocycles. The molecule has 0 radical (unpaired) electrons. The molecule has 314 valence electrons. The van der Waals surface area contributed by atoms with E-state index >= 15 is 0 Å². The number of ether oxygens (including phenoxy) is 6. The van der Waals surface area contributed by atoms with Crippen LogP contribution in [0.15, 0.2) is 133 Å². The Balaban J connectivity index is 0.767. The summed E-state index contributed by atoms with van der Waals surface area (Å²) < 4.78 is 34.0. The molecule has 0 unspecified atom stereocenters. The molecule has 0 aromatic heterocycles. The van der Waals surface area contributed by atoms with Crippen molar-refractivity contribution in [1.29, 1.82) is 0 Å². The van der Waals surface area contributed by atoms with Crippen molar-refractivity contribution in [2.24, 2.45) is 0 Å². The highest BCUT2D eigenvalue weighted by Crippen LogP contribution is 2.45. The zero-order valence-electron chi connectivity index (χ0n) is 33.5. The third-order valence-corrected chi connectivity index (χ3v) is 10.3. The SMILES string of the molecule is O=C(COCC(=O)OC(c1ccccc1)(c1ccccc1)c1ccccc1Cl)NCCCOCCOCCOCCCNC(=O)OCC1c2ccccc2-c2ccccc21. The normalized spacial score (nSPS) is 12.0. The van der Waals surface area contributed by atoms with Gasteiger partial charge in [-0.2, -0.15) is 0 Å². The van der Waals surface area contributed by atoms with Crippen LogP contribution in [0.4, 0.5) is 4.79 Å². The molecule has 1 aliphatic carbocycles. The van der Waals surface area contributed by atoms with Crippen molar-refractivity contribution < 1.29 is 42.8 Å². The molecule has 0 saturated carbocycles. The third-order valence-electron chi connectivity index (χ3n) is 9.94. The van der Waals surface area contributed by atoms with Crippen molar-refractivity contribution in [2.75, 3.05) is 72.6 Å². The molecule has 0 fully saturated rings. The number of benzene rings is 5. The number of halogens is 1. The number of nitrogens with one attached hydrogen (secondary N) is 2. The average molecular weight is 835 g/mol.